The maximum atomic E-state index is 10.1. The summed E-state index contributed by atoms with van der Waals surface area (Å²) in [5, 5.41) is 14.5. The Labute approximate surface area is 92.3 Å². The van der Waals surface area contributed by atoms with Crippen LogP contribution in [-0.2, 0) is 7.05 Å². The highest BCUT2D eigenvalue weighted by Gasteiger charge is 2.24. The molecule has 1 aliphatic heterocycles. The Morgan fingerprint density at radius 2 is 2.50 bits per heavy atom. The molecule has 78 valence electrons. The lowest BCUT2D eigenvalue weighted by atomic mass is 10.1. The van der Waals surface area contributed by atoms with Gasteiger partial charge in [-0.05, 0) is 0 Å². The molecule has 0 amide bonds. The van der Waals surface area contributed by atoms with Gasteiger partial charge in [-0.2, -0.15) is 28.6 Å². The van der Waals surface area contributed by atoms with Crippen LogP contribution >= 0.6 is 23.5 Å². The van der Waals surface area contributed by atoms with E-state index >= 15 is 0 Å². The van der Waals surface area contributed by atoms with Gasteiger partial charge < -0.3 is 5.11 Å². The average Bonchev–Trinajstić information content (AvgIpc) is 2.65. The minimum Gasteiger partial charge on any atom is -0.387 e. The van der Waals surface area contributed by atoms with Crippen molar-refractivity contribution < 1.29 is 5.11 Å². The molecule has 0 radical (unpaired) electrons. The number of hydrogen-bond donors (Lipinski definition) is 1. The predicted molar refractivity (Wildman–Crippen MR) is 61.7 cm³/mol. The van der Waals surface area contributed by atoms with E-state index in [2.05, 4.69) is 5.10 Å². The number of aliphatic hydroxyl groups excluding tert-OH is 1. The zero-order chi connectivity index (χ0) is 9.97. The van der Waals surface area contributed by atoms with Crippen LogP contribution < -0.4 is 0 Å². The van der Waals surface area contributed by atoms with Gasteiger partial charge in [-0.15, -0.1) is 0 Å². The smallest absolute Gasteiger partial charge is 0.0946 e. The van der Waals surface area contributed by atoms with Crippen LogP contribution in [0, 0.1) is 0 Å². The monoisotopic (exact) mass is 230 g/mol. The Kier molecular flexibility index (Phi) is 3.41. The number of thioether (sulfide) groups is 2. The Bertz CT molecular complexity index is 297. The first-order valence-electron chi connectivity index (χ1n) is 4.63. The summed E-state index contributed by atoms with van der Waals surface area (Å²) in [4.78, 5) is 0. The molecule has 1 N–H and O–H groups in total. The van der Waals surface area contributed by atoms with Crippen molar-refractivity contribution in [3.8, 4) is 0 Å². The second kappa shape index (κ2) is 4.59. The lowest BCUT2D eigenvalue weighted by molar-refractivity contribution is 0.180. The first-order valence-corrected chi connectivity index (χ1v) is 6.83. The molecule has 1 aliphatic rings. The van der Waals surface area contributed by atoms with E-state index in [0.717, 1.165) is 17.1 Å². The quantitative estimate of drug-likeness (QED) is 0.831. The van der Waals surface area contributed by atoms with E-state index in [9.17, 15) is 5.11 Å². The standard InChI is InChI=1S/C9H14N2OS2/c1-11-5-7(4-10-11)9(12)8-6-13-2-3-14-8/h4-5,8-9,12H,2-3,6H2,1H3. The molecule has 2 unspecified atom stereocenters. The summed E-state index contributed by atoms with van der Waals surface area (Å²) in [5.41, 5.74) is 0.938. The summed E-state index contributed by atoms with van der Waals surface area (Å²) in [6.07, 6.45) is 3.29. The number of aromatic nitrogens is 2. The number of aliphatic hydroxyl groups is 1. The number of nitrogens with zero attached hydrogens (tertiary/aromatic N) is 2. The molecular weight excluding hydrogens is 216 g/mol. The third-order valence-corrected chi connectivity index (χ3v) is 5.11. The van der Waals surface area contributed by atoms with Gasteiger partial charge in [0, 0.05) is 41.3 Å². The van der Waals surface area contributed by atoms with E-state index < -0.39 is 0 Å². The highest BCUT2D eigenvalue weighted by Crippen LogP contribution is 2.33. The molecule has 0 aliphatic carbocycles. The SMILES string of the molecule is Cn1cc(C(O)C2CSCCS2)cn1. The fourth-order valence-corrected chi connectivity index (χ4v) is 4.25. The van der Waals surface area contributed by atoms with Gasteiger partial charge in [-0.25, -0.2) is 0 Å². The Balaban J connectivity index is 2.03. The molecule has 1 saturated heterocycles. The maximum absolute atomic E-state index is 10.1. The van der Waals surface area contributed by atoms with E-state index in [4.69, 9.17) is 0 Å². The van der Waals surface area contributed by atoms with Crippen LogP contribution in [0.1, 0.15) is 11.7 Å². The second-order valence-electron chi connectivity index (χ2n) is 3.38. The predicted octanol–water partition coefficient (Wildman–Crippen LogP) is 1.30. The van der Waals surface area contributed by atoms with Gasteiger partial charge in [-0.3, -0.25) is 4.68 Å². The van der Waals surface area contributed by atoms with Gasteiger partial charge in [0.25, 0.3) is 0 Å². The molecule has 1 fully saturated rings. The zero-order valence-electron chi connectivity index (χ0n) is 8.09. The second-order valence-corrected chi connectivity index (χ2v) is 5.87. The fraction of sp³-hybridized carbons (Fsp3) is 0.667. The van der Waals surface area contributed by atoms with Gasteiger partial charge >= 0.3 is 0 Å². The van der Waals surface area contributed by atoms with Crippen molar-refractivity contribution in [1.29, 1.82) is 0 Å². The highest BCUT2D eigenvalue weighted by molar-refractivity contribution is 8.06. The summed E-state index contributed by atoms with van der Waals surface area (Å²) >= 11 is 3.79. The van der Waals surface area contributed by atoms with Crippen molar-refractivity contribution in [3.05, 3.63) is 18.0 Å². The van der Waals surface area contributed by atoms with Crippen LogP contribution in [0.2, 0.25) is 0 Å². The van der Waals surface area contributed by atoms with Crippen LogP contribution in [0.5, 0.6) is 0 Å². The van der Waals surface area contributed by atoms with Gasteiger partial charge in [0.15, 0.2) is 0 Å². The normalized spacial score (nSPS) is 24.9. The minimum atomic E-state index is -0.360. The molecular formula is C9H14N2OS2. The van der Waals surface area contributed by atoms with Crippen molar-refractivity contribution in [2.45, 2.75) is 11.4 Å². The first kappa shape index (κ1) is 10.4. The van der Waals surface area contributed by atoms with Crippen molar-refractivity contribution in [3.63, 3.8) is 0 Å². The summed E-state index contributed by atoms with van der Waals surface area (Å²) in [5.74, 6) is 3.40. The molecule has 5 heteroatoms. The van der Waals surface area contributed by atoms with Gasteiger partial charge in [0.1, 0.15) is 0 Å². The summed E-state index contributed by atoms with van der Waals surface area (Å²) in [6.45, 7) is 0. The minimum absolute atomic E-state index is 0.331. The molecule has 2 atom stereocenters. The lowest BCUT2D eigenvalue weighted by Gasteiger charge is -2.24. The van der Waals surface area contributed by atoms with Crippen LogP contribution in [0.15, 0.2) is 12.4 Å². The molecule has 2 heterocycles. The maximum Gasteiger partial charge on any atom is 0.0946 e. The molecule has 0 saturated carbocycles. The van der Waals surface area contributed by atoms with Crippen LogP contribution in [0.25, 0.3) is 0 Å². The van der Waals surface area contributed by atoms with Crippen molar-refractivity contribution >= 4 is 23.5 Å². The van der Waals surface area contributed by atoms with E-state index in [0.29, 0.717) is 5.25 Å². The van der Waals surface area contributed by atoms with Crippen LogP contribution in [0.3, 0.4) is 0 Å². The van der Waals surface area contributed by atoms with Gasteiger partial charge in [0.2, 0.25) is 0 Å². The Morgan fingerprint density at radius 1 is 1.64 bits per heavy atom. The van der Waals surface area contributed by atoms with Crippen molar-refractivity contribution in [1.82, 2.24) is 9.78 Å². The summed E-state index contributed by atoms with van der Waals surface area (Å²) in [6, 6.07) is 0. The third kappa shape index (κ3) is 2.27. The van der Waals surface area contributed by atoms with Gasteiger partial charge in [-0.1, -0.05) is 0 Å². The molecule has 3 nitrogen and oxygen atoms in total. The van der Waals surface area contributed by atoms with E-state index in [1.807, 2.05) is 36.8 Å². The summed E-state index contributed by atoms with van der Waals surface area (Å²) < 4.78 is 1.74. The molecule has 2 rings (SSSR count). The lowest BCUT2D eigenvalue weighted by Crippen LogP contribution is -2.22. The van der Waals surface area contributed by atoms with Gasteiger partial charge in [0.05, 0.1) is 12.3 Å². The number of aryl methyl sites for hydroxylation is 1. The molecule has 14 heavy (non-hydrogen) atoms. The molecule has 0 aromatic carbocycles. The molecule has 1 aromatic rings. The third-order valence-electron chi connectivity index (χ3n) is 2.26. The summed E-state index contributed by atoms with van der Waals surface area (Å²) in [7, 11) is 1.87. The van der Waals surface area contributed by atoms with Crippen molar-refractivity contribution in [2.24, 2.45) is 7.05 Å². The number of hydrogen-bond acceptors (Lipinski definition) is 4. The first-order chi connectivity index (χ1) is 6.77. The Hall–Kier alpha value is -0.130. The molecule has 0 bridgehead atoms. The molecule has 1 aromatic heterocycles. The Morgan fingerprint density at radius 3 is 3.07 bits per heavy atom. The topological polar surface area (TPSA) is 38.0 Å². The number of rotatable bonds is 2. The van der Waals surface area contributed by atoms with Crippen LogP contribution in [0.4, 0.5) is 0 Å². The highest BCUT2D eigenvalue weighted by atomic mass is 32.2. The average molecular weight is 230 g/mol. The van der Waals surface area contributed by atoms with Crippen molar-refractivity contribution in [2.75, 3.05) is 17.3 Å². The van der Waals surface area contributed by atoms with Crippen LogP contribution in [-0.4, -0.2) is 37.4 Å². The fourth-order valence-electron chi connectivity index (χ4n) is 1.50. The largest absolute Gasteiger partial charge is 0.387 e. The van der Waals surface area contributed by atoms with E-state index in [1.54, 1.807) is 10.9 Å². The molecule has 0 spiro atoms. The van der Waals surface area contributed by atoms with E-state index in [1.165, 1.54) is 5.75 Å². The zero-order valence-corrected chi connectivity index (χ0v) is 9.72. The van der Waals surface area contributed by atoms with E-state index in [-0.39, 0.29) is 6.10 Å².